The molecule has 1 aromatic carbocycles. The van der Waals surface area contributed by atoms with Crippen molar-refractivity contribution in [1.82, 2.24) is 10.6 Å². The second-order valence-corrected chi connectivity index (χ2v) is 6.20. The summed E-state index contributed by atoms with van der Waals surface area (Å²) in [4.78, 5) is 11.7. The van der Waals surface area contributed by atoms with Crippen LogP contribution in [0, 0.1) is 0 Å². The number of hydrogen-bond donors (Lipinski definition) is 2. The van der Waals surface area contributed by atoms with Crippen LogP contribution in [-0.4, -0.2) is 31.2 Å². The van der Waals surface area contributed by atoms with Crippen molar-refractivity contribution in [2.24, 2.45) is 0 Å². The molecule has 0 aliphatic carbocycles. The zero-order chi connectivity index (χ0) is 15.3. The van der Waals surface area contributed by atoms with Gasteiger partial charge < -0.3 is 20.1 Å². The van der Waals surface area contributed by atoms with Crippen molar-refractivity contribution >= 4 is 5.91 Å². The average molecular weight is 292 g/mol. The summed E-state index contributed by atoms with van der Waals surface area (Å²) in [6.45, 7) is 8.49. The van der Waals surface area contributed by atoms with Crippen molar-refractivity contribution in [3.05, 3.63) is 23.8 Å². The van der Waals surface area contributed by atoms with Crippen LogP contribution in [0.15, 0.2) is 18.2 Å². The van der Waals surface area contributed by atoms with E-state index in [9.17, 15) is 4.79 Å². The van der Waals surface area contributed by atoms with Gasteiger partial charge in [0.2, 0.25) is 5.91 Å². The second-order valence-electron chi connectivity index (χ2n) is 6.20. The summed E-state index contributed by atoms with van der Waals surface area (Å²) in [6, 6.07) is 5.92. The second kappa shape index (κ2) is 6.80. The predicted molar refractivity (Wildman–Crippen MR) is 81.7 cm³/mol. The maximum absolute atomic E-state index is 11.7. The number of carbonyl (C=O) groups is 1. The number of carbonyl (C=O) groups excluding carboxylic acids is 1. The van der Waals surface area contributed by atoms with E-state index in [1.165, 1.54) is 0 Å². The summed E-state index contributed by atoms with van der Waals surface area (Å²) in [6.07, 6.45) is 0.474. The molecule has 0 bridgehead atoms. The van der Waals surface area contributed by atoms with Crippen LogP contribution >= 0.6 is 0 Å². The summed E-state index contributed by atoms with van der Waals surface area (Å²) in [5.41, 5.74) is 0.947. The van der Waals surface area contributed by atoms with Gasteiger partial charge in [0.15, 0.2) is 11.5 Å². The number of benzene rings is 1. The van der Waals surface area contributed by atoms with Crippen LogP contribution in [0.4, 0.5) is 0 Å². The van der Waals surface area contributed by atoms with Crippen molar-refractivity contribution in [1.29, 1.82) is 0 Å². The molecule has 1 aliphatic rings. The van der Waals surface area contributed by atoms with Gasteiger partial charge in [-0.1, -0.05) is 6.07 Å². The third kappa shape index (κ3) is 5.27. The molecule has 0 saturated carbocycles. The number of nitrogens with one attached hydrogen (secondary N) is 2. The molecule has 1 aliphatic heterocycles. The highest BCUT2D eigenvalue weighted by Gasteiger charge is 2.13. The molecule has 5 heteroatoms. The highest BCUT2D eigenvalue weighted by molar-refractivity contribution is 5.76. The minimum absolute atomic E-state index is 0.0668. The summed E-state index contributed by atoms with van der Waals surface area (Å²) < 4.78 is 11.0. The molecular weight excluding hydrogens is 268 g/mol. The van der Waals surface area contributed by atoms with Crippen molar-refractivity contribution in [3.8, 4) is 11.5 Å². The van der Waals surface area contributed by atoms with Crippen LogP contribution in [0.1, 0.15) is 32.8 Å². The monoisotopic (exact) mass is 292 g/mol. The predicted octanol–water partition coefficient (Wildman–Crippen LogP) is 1.85. The fourth-order valence-electron chi connectivity index (χ4n) is 2.11. The molecule has 5 nitrogen and oxygen atoms in total. The van der Waals surface area contributed by atoms with E-state index in [1.54, 1.807) is 0 Å². The van der Waals surface area contributed by atoms with Gasteiger partial charge in [-0.3, -0.25) is 4.79 Å². The fourth-order valence-corrected chi connectivity index (χ4v) is 2.11. The van der Waals surface area contributed by atoms with Gasteiger partial charge in [0.25, 0.3) is 0 Å². The lowest BCUT2D eigenvalue weighted by molar-refractivity contribution is -0.122. The molecule has 1 amide bonds. The zero-order valence-electron chi connectivity index (χ0n) is 13.0. The van der Waals surface area contributed by atoms with E-state index in [2.05, 4.69) is 10.6 Å². The maximum atomic E-state index is 11.7. The Balaban J connectivity index is 1.73. The SMILES string of the molecule is CC(C)(C)NC(=O)CCNCc1ccc2c(c1)OCCO2. The molecular formula is C16H24N2O3. The van der Waals surface area contributed by atoms with Crippen molar-refractivity contribution in [2.75, 3.05) is 19.8 Å². The Morgan fingerprint density at radius 1 is 1.19 bits per heavy atom. The Morgan fingerprint density at radius 2 is 1.90 bits per heavy atom. The number of hydrogen-bond acceptors (Lipinski definition) is 4. The third-order valence-electron chi connectivity index (χ3n) is 2.98. The number of rotatable bonds is 5. The van der Waals surface area contributed by atoms with Crippen molar-refractivity contribution in [3.63, 3.8) is 0 Å². The minimum Gasteiger partial charge on any atom is -0.486 e. The van der Waals surface area contributed by atoms with E-state index < -0.39 is 0 Å². The van der Waals surface area contributed by atoms with Gasteiger partial charge in [0.1, 0.15) is 13.2 Å². The summed E-state index contributed by atoms with van der Waals surface area (Å²) >= 11 is 0. The van der Waals surface area contributed by atoms with E-state index in [0.29, 0.717) is 32.7 Å². The summed E-state index contributed by atoms with van der Waals surface area (Å²) in [7, 11) is 0. The van der Waals surface area contributed by atoms with Gasteiger partial charge in [-0.25, -0.2) is 0 Å². The molecule has 0 aromatic heterocycles. The molecule has 21 heavy (non-hydrogen) atoms. The topological polar surface area (TPSA) is 59.6 Å². The highest BCUT2D eigenvalue weighted by atomic mass is 16.6. The van der Waals surface area contributed by atoms with Gasteiger partial charge in [-0.2, -0.15) is 0 Å². The molecule has 0 spiro atoms. The van der Waals surface area contributed by atoms with Crippen LogP contribution in [0.2, 0.25) is 0 Å². The maximum Gasteiger partial charge on any atom is 0.221 e. The number of fused-ring (bicyclic) bond motifs is 1. The molecule has 116 valence electrons. The molecule has 1 heterocycles. The van der Waals surface area contributed by atoms with E-state index in [4.69, 9.17) is 9.47 Å². The lowest BCUT2D eigenvalue weighted by Gasteiger charge is -2.20. The quantitative estimate of drug-likeness (QED) is 0.813. The van der Waals surface area contributed by atoms with Crippen molar-refractivity contribution in [2.45, 2.75) is 39.3 Å². The number of ether oxygens (including phenoxy) is 2. The Morgan fingerprint density at radius 3 is 2.62 bits per heavy atom. The normalized spacial score (nSPS) is 13.9. The first-order valence-corrected chi connectivity index (χ1v) is 7.34. The lowest BCUT2D eigenvalue weighted by atomic mass is 10.1. The molecule has 0 fully saturated rings. The molecule has 0 saturated heterocycles. The van der Waals surface area contributed by atoms with Crippen LogP contribution < -0.4 is 20.1 Å². The van der Waals surface area contributed by atoms with Gasteiger partial charge in [0, 0.05) is 25.0 Å². The zero-order valence-corrected chi connectivity index (χ0v) is 13.0. The highest BCUT2D eigenvalue weighted by Crippen LogP contribution is 2.30. The largest absolute Gasteiger partial charge is 0.486 e. The van der Waals surface area contributed by atoms with E-state index >= 15 is 0 Å². The smallest absolute Gasteiger partial charge is 0.221 e. The molecule has 2 N–H and O–H groups in total. The third-order valence-corrected chi connectivity index (χ3v) is 2.98. The number of amides is 1. The van der Waals surface area contributed by atoms with Crippen LogP contribution in [0.3, 0.4) is 0 Å². The molecule has 0 atom stereocenters. The Bertz CT molecular complexity index is 495. The average Bonchev–Trinajstić information content (AvgIpc) is 2.41. The minimum atomic E-state index is -0.174. The van der Waals surface area contributed by atoms with Gasteiger partial charge >= 0.3 is 0 Å². The Kier molecular flexibility index (Phi) is 5.07. The van der Waals surface area contributed by atoms with Gasteiger partial charge in [0.05, 0.1) is 0 Å². The Labute approximate surface area is 126 Å². The first kappa shape index (κ1) is 15.6. The van der Waals surface area contributed by atoms with Crippen molar-refractivity contribution < 1.29 is 14.3 Å². The Hall–Kier alpha value is -1.75. The van der Waals surface area contributed by atoms with E-state index in [1.807, 2.05) is 39.0 Å². The van der Waals surface area contributed by atoms with E-state index in [0.717, 1.165) is 17.1 Å². The van der Waals surface area contributed by atoms with Gasteiger partial charge in [-0.15, -0.1) is 0 Å². The summed E-state index contributed by atoms with van der Waals surface area (Å²) in [5, 5.41) is 6.21. The first-order chi connectivity index (χ1) is 9.94. The first-order valence-electron chi connectivity index (χ1n) is 7.34. The molecule has 1 aromatic rings. The van der Waals surface area contributed by atoms with Crippen LogP contribution in [-0.2, 0) is 11.3 Å². The fraction of sp³-hybridized carbons (Fsp3) is 0.562. The standard InChI is InChI=1S/C16H24N2O3/c1-16(2,3)18-15(19)6-7-17-11-12-4-5-13-14(10-12)21-9-8-20-13/h4-5,10,17H,6-9,11H2,1-3H3,(H,18,19). The summed E-state index contributed by atoms with van der Waals surface area (Å²) in [5.74, 6) is 1.66. The molecule has 0 radical (unpaired) electrons. The lowest BCUT2D eigenvalue weighted by Crippen LogP contribution is -2.41. The molecule has 2 rings (SSSR count). The molecule has 0 unspecified atom stereocenters. The van der Waals surface area contributed by atoms with Gasteiger partial charge in [-0.05, 0) is 38.5 Å². The van der Waals surface area contributed by atoms with Crippen LogP contribution in [0.5, 0.6) is 11.5 Å². The van der Waals surface area contributed by atoms with Crippen LogP contribution in [0.25, 0.3) is 0 Å². The van der Waals surface area contributed by atoms with E-state index in [-0.39, 0.29) is 11.4 Å².